The van der Waals surface area contributed by atoms with Gasteiger partial charge < -0.3 is 16.6 Å². The lowest BCUT2D eigenvalue weighted by atomic mass is 10.0. The number of alkyl halides is 2. The lowest BCUT2D eigenvalue weighted by Crippen LogP contribution is -2.30. The monoisotopic (exact) mass is 363 g/mol. The van der Waals surface area contributed by atoms with Crippen LogP contribution in [0.1, 0.15) is 39.4 Å². The molecule has 1 aliphatic rings. The van der Waals surface area contributed by atoms with Crippen molar-refractivity contribution in [1.29, 1.82) is 0 Å². The molecule has 0 saturated heterocycles. The Morgan fingerprint density at radius 1 is 1.35 bits per heavy atom. The molecule has 0 unspecified atom stereocenters. The molecule has 1 heterocycles. The first-order valence-electron chi connectivity index (χ1n) is 8.08. The minimum atomic E-state index is -2.55. The van der Waals surface area contributed by atoms with Gasteiger partial charge in [-0.15, -0.1) is 0 Å². The van der Waals surface area contributed by atoms with E-state index in [4.69, 9.17) is 11.5 Å². The smallest absolute Gasteiger partial charge is 0.260 e. The highest BCUT2D eigenvalue weighted by atomic mass is 19.3. The van der Waals surface area contributed by atoms with Gasteiger partial charge in [-0.2, -0.15) is 0 Å². The van der Waals surface area contributed by atoms with E-state index >= 15 is 0 Å². The molecule has 0 spiro atoms. The highest BCUT2D eigenvalue weighted by Gasteiger charge is 2.47. The summed E-state index contributed by atoms with van der Waals surface area (Å²) in [5.74, 6) is -2.67. The van der Waals surface area contributed by atoms with Crippen LogP contribution in [0.15, 0.2) is 23.0 Å². The predicted molar refractivity (Wildman–Crippen MR) is 93.0 cm³/mol. The number of nitrogens with zero attached hydrogens (tertiary/aromatic N) is 1. The second-order valence-corrected chi connectivity index (χ2v) is 6.62. The zero-order valence-electron chi connectivity index (χ0n) is 14.3. The first-order chi connectivity index (χ1) is 12.1. The molecule has 2 atom stereocenters. The molecule has 1 saturated carbocycles. The number of rotatable bonds is 4. The molecule has 0 aliphatic heterocycles. The molecule has 6 nitrogen and oxygen atoms in total. The molecule has 26 heavy (non-hydrogen) atoms. The maximum Gasteiger partial charge on any atom is 0.260 e. The van der Waals surface area contributed by atoms with Crippen molar-refractivity contribution in [2.45, 2.75) is 32.6 Å². The Bertz CT molecular complexity index is 969. The summed E-state index contributed by atoms with van der Waals surface area (Å²) in [6.45, 7) is 3.31. The zero-order valence-corrected chi connectivity index (χ0v) is 14.3. The normalized spacial score (nSPS) is 19.0. The summed E-state index contributed by atoms with van der Waals surface area (Å²) in [6, 6.07) is 4.29. The van der Waals surface area contributed by atoms with Crippen LogP contribution in [0.3, 0.4) is 0 Å². The van der Waals surface area contributed by atoms with Gasteiger partial charge in [-0.05, 0) is 43.9 Å². The van der Waals surface area contributed by atoms with Gasteiger partial charge >= 0.3 is 0 Å². The largest absolute Gasteiger partial charge is 0.508 e. The van der Waals surface area contributed by atoms with E-state index in [1.54, 1.807) is 19.9 Å². The minimum absolute atomic E-state index is 0.0557. The summed E-state index contributed by atoms with van der Waals surface area (Å²) in [6.07, 6.45) is -2.39. The number of benzene rings is 1. The second-order valence-electron chi connectivity index (χ2n) is 6.62. The van der Waals surface area contributed by atoms with Crippen molar-refractivity contribution in [2.24, 2.45) is 11.7 Å². The summed E-state index contributed by atoms with van der Waals surface area (Å²) >= 11 is 0. The Balaban J connectivity index is 2.33. The third-order valence-corrected chi connectivity index (χ3v) is 4.92. The molecule has 8 heteroatoms. The quantitative estimate of drug-likeness (QED) is 0.773. The van der Waals surface area contributed by atoms with Crippen LogP contribution in [-0.4, -0.2) is 22.0 Å². The van der Waals surface area contributed by atoms with Crippen LogP contribution in [-0.2, 0) is 0 Å². The molecule has 1 aromatic heterocycles. The van der Waals surface area contributed by atoms with Crippen LogP contribution in [0, 0.1) is 19.8 Å². The molecular formula is C18H19F2N3O3. The third kappa shape index (κ3) is 2.71. The molecule has 1 aliphatic carbocycles. The summed E-state index contributed by atoms with van der Waals surface area (Å²) < 4.78 is 27.0. The number of nitrogens with two attached hydrogens (primary N) is 2. The molecular weight excluding hydrogens is 344 g/mol. The van der Waals surface area contributed by atoms with E-state index in [9.17, 15) is 23.5 Å². The average Bonchev–Trinajstić information content (AvgIpc) is 3.34. The van der Waals surface area contributed by atoms with Gasteiger partial charge in [-0.3, -0.25) is 14.2 Å². The van der Waals surface area contributed by atoms with Gasteiger partial charge in [-0.1, -0.05) is 6.07 Å². The maximum atomic E-state index is 13.0. The Kier molecular flexibility index (Phi) is 4.21. The number of primary amides is 1. The highest BCUT2D eigenvalue weighted by Crippen LogP contribution is 2.50. The Hall–Kier alpha value is -2.90. The molecule has 5 N–H and O–H groups in total. The number of phenols is 1. The Morgan fingerprint density at radius 3 is 2.54 bits per heavy atom. The van der Waals surface area contributed by atoms with Crippen molar-refractivity contribution in [1.82, 2.24) is 4.57 Å². The standard InChI is InChI=1S/C18H19F2N3O3/c1-7-3-4-13(24)8(2)14(7)23-16(21)12(17(22)25)6-11(18(23)26)9-5-10(9)15(19)20/h3-4,6,9-10,15,24H,5,21H2,1-2H3,(H2,22,25)/t9-,10-/m1/s1. The second kappa shape index (κ2) is 6.12. The molecule has 1 amide bonds. The van der Waals surface area contributed by atoms with Gasteiger partial charge in [0.15, 0.2) is 0 Å². The number of phenolic OH excluding ortho intramolecular Hbond substituents is 1. The number of aromatic hydroxyl groups is 1. The molecule has 3 rings (SSSR count). The molecule has 1 fully saturated rings. The lowest BCUT2D eigenvalue weighted by molar-refractivity contribution is 0.100. The average molecular weight is 363 g/mol. The number of carbonyl (C=O) groups is 1. The van der Waals surface area contributed by atoms with E-state index in [1.165, 1.54) is 12.1 Å². The summed E-state index contributed by atoms with van der Waals surface area (Å²) in [5, 5.41) is 10.0. The summed E-state index contributed by atoms with van der Waals surface area (Å²) in [4.78, 5) is 24.8. The fraction of sp³-hybridized carbons (Fsp3) is 0.333. The zero-order chi connectivity index (χ0) is 19.3. The first kappa shape index (κ1) is 17.9. The van der Waals surface area contributed by atoms with E-state index in [1.807, 2.05) is 0 Å². The molecule has 0 bridgehead atoms. The number of carbonyl (C=O) groups excluding carboxylic acids is 1. The fourth-order valence-electron chi connectivity index (χ4n) is 3.35. The van der Waals surface area contributed by atoms with Crippen LogP contribution < -0.4 is 17.0 Å². The number of nitrogen functional groups attached to an aromatic ring is 1. The van der Waals surface area contributed by atoms with Gasteiger partial charge in [0, 0.05) is 17.0 Å². The molecule has 1 aromatic carbocycles. The minimum Gasteiger partial charge on any atom is -0.508 e. The maximum absolute atomic E-state index is 13.0. The molecule has 2 aromatic rings. The van der Waals surface area contributed by atoms with E-state index in [0.717, 1.165) is 4.57 Å². The Labute approximate surface area is 148 Å². The van der Waals surface area contributed by atoms with Crippen molar-refractivity contribution < 1.29 is 18.7 Å². The van der Waals surface area contributed by atoms with E-state index in [2.05, 4.69) is 0 Å². The Morgan fingerprint density at radius 2 is 2.00 bits per heavy atom. The number of pyridine rings is 1. The number of amides is 1. The number of hydrogen-bond acceptors (Lipinski definition) is 4. The molecule has 138 valence electrons. The SMILES string of the molecule is Cc1ccc(O)c(C)c1-n1c(N)c(C(N)=O)cc([C@@H]2C[C@H]2C(F)F)c1=O. The summed E-state index contributed by atoms with van der Waals surface area (Å²) in [7, 11) is 0. The predicted octanol–water partition coefficient (Wildman–Crippen LogP) is 2.21. The van der Waals surface area contributed by atoms with Crippen LogP contribution >= 0.6 is 0 Å². The van der Waals surface area contributed by atoms with Crippen LogP contribution in [0.5, 0.6) is 5.75 Å². The number of aryl methyl sites for hydroxylation is 1. The van der Waals surface area contributed by atoms with Crippen molar-refractivity contribution in [3.8, 4) is 11.4 Å². The van der Waals surface area contributed by atoms with Gasteiger partial charge in [0.25, 0.3) is 11.5 Å². The van der Waals surface area contributed by atoms with Crippen molar-refractivity contribution in [3.05, 3.63) is 50.8 Å². The van der Waals surface area contributed by atoms with Crippen LogP contribution in [0.25, 0.3) is 5.69 Å². The van der Waals surface area contributed by atoms with E-state index < -0.39 is 29.7 Å². The number of hydrogen-bond donors (Lipinski definition) is 3. The lowest BCUT2D eigenvalue weighted by Gasteiger charge is -2.19. The van der Waals surface area contributed by atoms with Crippen LogP contribution in [0.2, 0.25) is 0 Å². The van der Waals surface area contributed by atoms with Crippen molar-refractivity contribution in [2.75, 3.05) is 5.73 Å². The van der Waals surface area contributed by atoms with Gasteiger partial charge in [0.05, 0.1) is 11.3 Å². The number of anilines is 1. The van der Waals surface area contributed by atoms with Crippen molar-refractivity contribution in [3.63, 3.8) is 0 Å². The highest BCUT2D eigenvalue weighted by molar-refractivity contribution is 5.97. The van der Waals surface area contributed by atoms with Gasteiger partial charge in [-0.25, -0.2) is 8.78 Å². The third-order valence-electron chi connectivity index (χ3n) is 4.92. The van der Waals surface area contributed by atoms with Gasteiger partial charge in [0.2, 0.25) is 6.43 Å². The first-order valence-corrected chi connectivity index (χ1v) is 8.08. The summed E-state index contributed by atoms with van der Waals surface area (Å²) in [5.41, 5.74) is 12.1. The van der Waals surface area contributed by atoms with Crippen LogP contribution in [0.4, 0.5) is 14.6 Å². The van der Waals surface area contributed by atoms with Gasteiger partial charge in [0.1, 0.15) is 11.6 Å². The van der Waals surface area contributed by atoms with E-state index in [-0.39, 0.29) is 29.1 Å². The van der Waals surface area contributed by atoms with Crippen molar-refractivity contribution >= 4 is 11.7 Å². The topological polar surface area (TPSA) is 111 Å². The number of halogens is 2. The molecule has 0 radical (unpaired) electrons. The number of aromatic nitrogens is 1. The fourth-order valence-corrected chi connectivity index (χ4v) is 3.35. The van der Waals surface area contributed by atoms with E-state index in [0.29, 0.717) is 16.8 Å².